The van der Waals surface area contributed by atoms with E-state index in [4.69, 9.17) is 4.74 Å². The molecule has 1 unspecified atom stereocenters. The highest BCUT2D eigenvalue weighted by molar-refractivity contribution is 4.82. The monoisotopic (exact) mass is 241 g/mol. The highest BCUT2D eigenvalue weighted by Gasteiger charge is 2.27. The van der Waals surface area contributed by atoms with Crippen LogP contribution in [0.5, 0.6) is 0 Å². The van der Waals surface area contributed by atoms with E-state index >= 15 is 0 Å². The van der Waals surface area contributed by atoms with E-state index in [-0.39, 0.29) is 5.60 Å². The van der Waals surface area contributed by atoms with Gasteiger partial charge in [0.25, 0.3) is 0 Å². The van der Waals surface area contributed by atoms with Crippen molar-refractivity contribution >= 4 is 0 Å². The maximum Gasteiger partial charge on any atom is 0.0779 e. The Kier molecular flexibility index (Phi) is 4.79. The molecule has 4 heteroatoms. The van der Waals surface area contributed by atoms with Gasteiger partial charge >= 0.3 is 0 Å². The number of piperidine rings is 1. The Balaban J connectivity index is 1.62. The molecule has 2 saturated heterocycles. The molecule has 2 aliphatic rings. The molecule has 0 aromatic heterocycles. The maximum atomic E-state index is 6.08. The average Bonchev–Trinajstić information content (AvgIpc) is 2.32. The molecule has 0 aromatic rings. The SMILES string of the molecule is CN1CCN(CCOC2(C)CCCNC2)CC1. The summed E-state index contributed by atoms with van der Waals surface area (Å²) >= 11 is 0. The highest BCUT2D eigenvalue weighted by Crippen LogP contribution is 2.19. The molecule has 2 heterocycles. The van der Waals surface area contributed by atoms with Gasteiger partial charge in [0, 0.05) is 39.3 Å². The highest BCUT2D eigenvalue weighted by atomic mass is 16.5. The number of nitrogens with zero attached hydrogens (tertiary/aromatic N) is 2. The molecule has 4 nitrogen and oxygen atoms in total. The molecule has 2 rings (SSSR count). The molecule has 0 aliphatic carbocycles. The van der Waals surface area contributed by atoms with Crippen molar-refractivity contribution in [3.63, 3.8) is 0 Å². The number of hydrogen-bond donors (Lipinski definition) is 1. The summed E-state index contributed by atoms with van der Waals surface area (Å²) in [5, 5.41) is 3.42. The third-order valence-corrected chi connectivity index (χ3v) is 4.01. The standard InChI is InChI=1S/C13H27N3O/c1-13(4-3-5-14-12-13)17-11-10-16-8-6-15(2)7-9-16/h14H,3-12H2,1-2H3. The molecule has 0 aromatic carbocycles. The minimum atomic E-state index is 0.0742. The average molecular weight is 241 g/mol. The molecule has 2 aliphatic heterocycles. The second kappa shape index (κ2) is 6.14. The Hall–Kier alpha value is -0.160. The molecule has 0 amide bonds. The van der Waals surface area contributed by atoms with Gasteiger partial charge in [-0.3, -0.25) is 4.90 Å². The molecule has 100 valence electrons. The van der Waals surface area contributed by atoms with Crippen molar-refractivity contribution in [1.82, 2.24) is 15.1 Å². The van der Waals surface area contributed by atoms with Crippen molar-refractivity contribution in [2.24, 2.45) is 0 Å². The van der Waals surface area contributed by atoms with Crippen LogP contribution in [-0.4, -0.2) is 74.9 Å². The van der Waals surface area contributed by atoms with E-state index in [0.717, 1.165) is 26.2 Å². The summed E-state index contributed by atoms with van der Waals surface area (Å²) < 4.78 is 6.08. The zero-order valence-electron chi connectivity index (χ0n) is 11.4. The Bertz CT molecular complexity index is 221. The molecule has 17 heavy (non-hydrogen) atoms. The smallest absolute Gasteiger partial charge is 0.0779 e. The van der Waals surface area contributed by atoms with Crippen LogP contribution in [0.25, 0.3) is 0 Å². The van der Waals surface area contributed by atoms with E-state index in [1.54, 1.807) is 0 Å². The number of hydrogen-bond acceptors (Lipinski definition) is 4. The third kappa shape index (κ3) is 4.21. The van der Waals surface area contributed by atoms with Crippen molar-refractivity contribution in [2.75, 3.05) is 59.5 Å². The Morgan fingerprint density at radius 1 is 1.24 bits per heavy atom. The molecule has 2 fully saturated rings. The van der Waals surface area contributed by atoms with E-state index in [1.807, 2.05) is 0 Å². The Morgan fingerprint density at radius 2 is 2.00 bits per heavy atom. The minimum absolute atomic E-state index is 0.0742. The van der Waals surface area contributed by atoms with Crippen LogP contribution in [0.15, 0.2) is 0 Å². The lowest BCUT2D eigenvalue weighted by Gasteiger charge is -2.36. The zero-order valence-corrected chi connectivity index (χ0v) is 11.4. The van der Waals surface area contributed by atoms with E-state index < -0.39 is 0 Å². The first-order valence-electron chi connectivity index (χ1n) is 6.94. The second-order valence-corrected chi connectivity index (χ2v) is 5.72. The van der Waals surface area contributed by atoms with Gasteiger partial charge in [0.15, 0.2) is 0 Å². The third-order valence-electron chi connectivity index (χ3n) is 4.01. The number of ether oxygens (including phenoxy) is 1. The van der Waals surface area contributed by atoms with Gasteiger partial charge < -0.3 is 15.0 Å². The first kappa shape index (κ1) is 13.3. The summed E-state index contributed by atoms with van der Waals surface area (Å²) in [6.45, 7) is 11.1. The summed E-state index contributed by atoms with van der Waals surface area (Å²) in [5.74, 6) is 0. The molecular weight excluding hydrogens is 214 g/mol. The topological polar surface area (TPSA) is 27.7 Å². The van der Waals surface area contributed by atoms with Gasteiger partial charge in [-0.2, -0.15) is 0 Å². The minimum Gasteiger partial charge on any atom is -0.373 e. The molecule has 0 spiro atoms. The van der Waals surface area contributed by atoms with Gasteiger partial charge in [-0.05, 0) is 33.4 Å². The van der Waals surface area contributed by atoms with Gasteiger partial charge in [-0.1, -0.05) is 0 Å². The predicted molar refractivity (Wildman–Crippen MR) is 70.4 cm³/mol. The molecule has 0 radical (unpaired) electrons. The molecule has 0 bridgehead atoms. The van der Waals surface area contributed by atoms with E-state index in [1.165, 1.54) is 39.0 Å². The van der Waals surface area contributed by atoms with Crippen molar-refractivity contribution in [1.29, 1.82) is 0 Å². The van der Waals surface area contributed by atoms with Crippen LogP contribution in [0.1, 0.15) is 19.8 Å². The summed E-state index contributed by atoms with van der Waals surface area (Å²) in [6, 6.07) is 0. The van der Waals surface area contributed by atoms with Crippen LogP contribution in [0.4, 0.5) is 0 Å². The molecule has 1 N–H and O–H groups in total. The van der Waals surface area contributed by atoms with Crippen LogP contribution in [-0.2, 0) is 4.74 Å². The molecule has 1 atom stereocenters. The fourth-order valence-corrected chi connectivity index (χ4v) is 2.64. The quantitative estimate of drug-likeness (QED) is 0.771. The van der Waals surface area contributed by atoms with Crippen molar-refractivity contribution in [2.45, 2.75) is 25.4 Å². The fourth-order valence-electron chi connectivity index (χ4n) is 2.64. The second-order valence-electron chi connectivity index (χ2n) is 5.72. The number of rotatable bonds is 4. The summed E-state index contributed by atoms with van der Waals surface area (Å²) in [7, 11) is 2.20. The Labute approximate surface area is 105 Å². The summed E-state index contributed by atoms with van der Waals surface area (Å²) in [6.07, 6.45) is 2.44. The molecule has 0 saturated carbocycles. The van der Waals surface area contributed by atoms with Gasteiger partial charge in [0.1, 0.15) is 0 Å². The normalized spacial score (nSPS) is 32.8. The zero-order chi connectivity index (χ0) is 12.1. The van der Waals surface area contributed by atoms with Crippen molar-refractivity contribution in [3.8, 4) is 0 Å². The largest absolute Gasteiger partial charge is 0.373 e. The van der Waals surface area contributed by atoms with Crippen LogP contribution >= 0.6 is 0 Å². The maximum absolute atomic E-state index is 6.08. The summed E-state index contributed by atoms with van der Waals surface area (Å²) in [5.41, 5.74) is 0.0742. The summed E-state index contributed by atoms with van der Waals surface area (Å²) in [4.78, 5) is 4.91. The van der Waals surface area contributed by atoms with E-state index in [9.17, 15) is 0 Å². The van der Waals surface area contributed by atoms with Gasteiger partial charge in [-0.15, -0.1) is 0 Å². The number of likely N-dealkylation sites (N-methyl/N-ethyl adjacent to an activating group) is 1. The van der Waals surface area contributed by atoms with Gasteiger partial charge in [-0.25, -0.2) is 0 Å². The van der Waals surface area contributed by atoms with Crippen molar-refractivity contribution < 1.29 is 4.74 Å². The first-order valence-corrected chi connectivity index (χ1v) is 6.94. The Morgan fingerprint density at radius 3 is 2.65 bits per heavy atom. The fraction of sp³-hybridized carbons (Fsp3) is 1.00. The van der Waals surface area contributed by atoms with Crippen LogP contribution in [0, 0.1) is 0 Å². The lowest BCUT2D eigenvalue weighted by molar-refractivity contribution is -0.0553. The van der Waals surface area contributed by atoms with E-state index in [0.29, 0.717) is 0 Å². The van der Waals surface area contributed by atoms with Gasteiger partial charge in [0.05, 0.1) is 12.2 Å². The van der Waals surface area contributed by atoms with Crippen LogP contribution in [0.2, 0.25) is 0 Å². The van der Waals surface area contributed by atoms with E-state index in [2.05, 4.69) is 29.1 Å². The number of piperazine rings is 1. The van der Waals surface area contributed by atoms with Crippen LogP contribution < -0.4 is 5.32 Å². The predicted octanol–water partition coefficient (Wildman–Crippen LogP) is 0.393. The van der Waals surface area contributed by atoms with Gasteiger partial charge in [0.2, 0.25) is 0 Å². The lowest BCUT2D eigenvalue weighted by atomic mass is 9.96. The number of nitrogens with one attached hydrogen (secondary N) is 1. The lowest BCUT2D eigenvalue weighted by Crippen LogP contribution is -2.48. The molecular formula is C13H27N3O. The van der Waals surface area contributed by atoms with Crippen LogP contribution in [0.3, 0.4) is 0 Å². The van der Waals surface area contributed by atoms with Crippen molar-refractivity contribution in [3.05, 3.63) is 0 Å². The first-order chi connectivity index (χ1) is 8.18.